The summed E-state index contributed by atoms with van der Waals surface area (Å²) in [5, 5.41) is 2.96. The lowest BCUT2D eigenvalue weighted by atomic mass is 10.3. The highest BCUT2D eigenvalue weighted by Gasteiger charge is 2.12. The van der Waals surface area contributed by atoms with E-state index in [4.69, 9.17) is 4.74 Å². The molecule has 0 bridgehead atoms. The van der Waals surface area contributed by atoms with Gasteiger partial charge in [0.15, 0.2) is 5.13 Å². The molecule has 18 heavy (non-hydrogen) atoms. The highest BCUT2D eigenvalue weighted by molar-refractivity contribution is 7.13. The van der Waals surface area contributed by atoms with Crippen molar-refractivity contribution < 1.29 is 9.53 Å². The Bertz CT molecular complexity index is 360. The number of carbonyl (C=O) groups is 1. The van der Waals surface area contributed by atoms with Crippen molar-refractivity contribution in [2.24, 2.45) is 0 Å². The number of anilines is 1. The molecule has 1 aromatic heterocycles. The van der Waals surface area contributed by atoms with Crippen LogP contribution in [-0.2, 0) is 16.0 Å². The largest absolute Gasteiger partial charge is 0.466 e. The van der Waals surface area contributed by atoms with Crippen molar-refractivity contribution in [1.82, 2.24) is 4.98 Å². The summed E-state index contributed by atoms with van der Waals surface area (Å²) in [6.45, 7) is 8.59. The molecule has 0 atom stereocenters. The molecule has 0 unspecified atom stereocenters. The average Bonchev–Trinajstić information content (AvgIpc) is 2.77. The second kappa shape index (κ2) is 8.08. The summed E-state index contributed by atoms with van der Waals surface area (Å²) in [5.41, 5.74) is 0.811. The Hall–Kier alpha value is -1.10. The summed E-state index contributed by atoms with van der Waals surface area (Å²) in [6.07, 6.45) is 2.48. The maximum atomic E-state index is 11.4. The fraction of sp³-hybridized carbons (Fsp3) is 0.692. The lowest BCUT2D eigenvalue weighted by Crippen LogP contribution is -2.24. The van der Waals surface area contributed by atoms with Crippen molar-refractivity contribution in [3.05, 3.63) is 11.1 Å². The van der Waals surface area contributed by atoms with Gasteiger partial charge in [0.1, 0.15) is 0 Å². The first kappa shape index (κ1) is 15.0. The molecule has 1 heterocycles. The minimum Gasteiger partial charge on any atom is -0.466 e. The standard InChI is InChI=1S/C13H22N2O2S/c1-4-7-15(8-5-2)13-14-11(10-18-13)9-12(16)17-6-3/h10H,4-9H2,1-3H3. The summed E-state index contributed by atoms with van der Waals surface area (Å²) in [5.74, 6) is -0.202. The van der Waals surface area contributed by atoms with Crippen molar-refractivity contribution >= 4 is 22.4 Å². The number of hydrogen-bond donors (Lipinski definition) is 0. The van der Waals surface area contributed by atoms with Gasteiger partial charge in [0.2, 0.25) is 0 Å². The third-order valence-corrected chi connectivity index (χ3v) is 3.38. The van der Waals surface area contributed by atoms with Gasteiger partial charge in [-0.3, -0.25) is 4.79 Å². The maximum Gasteiger partial charge on any atom is 0.311 e. The van der Waals surface area contributed by atoms with E-state index in [2.05, 4.69) is 23.7 Å². The first-order valence-electron chi connectivity index (χ1n) is 6.56. The van der Waals surface area contributed by atoms with Crippen LogP contribution in [0, 0.1) is 0 Å². The van der Waals surface area contributed by atoms with Crippen LogP contribution in [0.3, 0.4) is 0 Å². The molecule has 0 aliphatic rings. The second-order valence-corrected chi connectivity index (χ2v) is 4.93. The molecule has 4 nitrogen and oxygen atoms in total. The minimum absolute atomic E-state index is 0.202. The Kier molecular flexibility index (Phi) is 6.72. The molecule has 0 N–H and O–H groups in total. The molecule has 0 radical (unpaired) electrons. The van der Waals surface area contributed by atoms with Crippen molar-refractivity contribution in [3.63, 3.8) is 0 Å². The van der Waals surface area contributed by atoms with Gasteiger partial charge < -0.3 is 9.64 Å². The summed E-state index contributed by atoms with van der Waals surface area (Å²) >= 11 is 1.60. The fourth-order valence-electron chi connectivity index (χ4n) is 1.73. The number of hydrogen-bond acceptors (Lipinski definition) is 5. The summed E-state index contributed by atoms with van der Waals surface area (Å²) in [7, 11) is 0. The molecule has 0 fully saturated rings. The third kappa shape index (κ3) is 4.64. The predicted molar refractivity (Wildman–Crippen MR) is 75.2 cm³/mol. The number of nitrogens with zero attached hydrogens (tertiary/aromatic N) is 2. The molecule has 0 saturated carbocycles. The summed E-state index contributed by atoms with van der Waals surface area (Å²) in [6, 6.07) is 0. The molecular weight excluding hydrogens is 248 g/mol. The lowest BCUT2D eigenvalue weighted by molar-refractivity contribution is -0.142. The van der Waals surface area contributed by atoms with Gasteiger partial charge in [0.25, 0.3) is 0 Å². The molecule has 102 valence electrons. The Morgan fingerprint density at radius 2 is 2.00 bits per heavy atom. The Morgan fingerprint density at radius 1 is 1.33 bits per heavy atom. The molecule has 0 aromatic carbocycles. The van der Waals surface area contributed by atoms with Crippen LogP contribution < -0.4 is 4.90 Å². The van der Waals surface area contributed by atoms with Gasteiger partial charge in [0, 0.05) is 18.5 Å². The van der Waals surface area contributed by atoms with E-state index in [1.807, 2.05) is 12.3 Å². The summed E-state index contributed by atoms with van der Waals surface area (Å²) < 4.78 is 4.92. The highest BCUT2D eigenvalue weighted by atomic mass is 32.1. The molecule has 0 aliphatic heterocycles. The van der Waals surface area contributed by atoms with Crippen LogP contribution in [0.4, 0.5) is 5.13 Å². The average molecular weight is 270 g/mol. The van der Waals surface area contributed by atoms with Gasteiger partial charge in [-0.15, -0.1) is 11.3 Å². The van der Waals surface area contributed by atoms with Gasteiger partial charge in [0.05, 0.1) is 18.7 Å². The van der Waals surface area contributed by atoms with Crippen molar-refractivity contribution in [3.8, 4) is 0 Å². The van der Waals surface area contributed by atoms with Crippen LogP contribution in [0.25, 0.3) is 0 Å². The zero-order chi connectivity index (χ0) is 13.4. The zero-order valence-electron chi connectivity index (χ0n) is 11.4. The van der Waals surface area contributed by atoms with Crippen LogP contribution in [-0.4, -0.2) is 30.6 Å². The van der Waals surface area contributed by atoms with Crippen LogP contribution in [0.2, 0.25) is 0 Å². The number of aromatic nitrogens is 1. The van der Waals surface area contributed by atoms with Crippen LogP contribution in [0.15, 0.2) is 5.38 Å². The van der Waals surface area contributed by atoms with E-state index in [1.165, 1.54) is 0 Å². The molecule has 1 rings (SSSR count). The van der Waals surface area contributed by atoms with Crippen LogP contribution >= 0.6 is 11.3 Å². The third-order valence-electron chi connectivity index (χ3n) is 2.43. The number of rotatable bonds is 8. The maximum absolute atomic E-state index is 11.4. The quantitative estimate of drug-likeness (QED) is 0.681. The molecule has 0 spiro atoms. The van der Waals surface area contributed by atoms with E-state index in [1.54, 1.807) is 11.3 Å². The van der Waals surface area contributed by atoms with Gasteiger partial charge in [-0.25, -0.2) is 4.98 Å². The van der Waals surface area contributed by atoms with E-state index in [9.17, 15) is 4.79 Å². The minimum atomic E-state index is -0.202. The highest BCUT2D eigenvalue weighted by Crippen LogP contribution is 2.21. The topological polar surface area (TPSA) is 42.4 Å². The van der Waals surface area contributed by atoms with Crippen LogP contribution in [0.5, 0.6) is 0 Å². The Labute approximate surface area is 113 Å². The zero-order valence-corrected chi connectivity index (χ0v) is 12.3. The molecular formula is C13H22N2O2S. The van der Waals surface area contributed by atoms with Crippen LogP contribution in [0.1, 0.15) is 39.3 Å². The van der Waals surface area contributed by atoms with Gasteiger partial charge in [-0.05, 0) is 19.8 Å². The SMILES string of the molecule is CCCN(CCC)c1nc(CC(=O)OCC)cs1. The first-order chi connectivity index (χ1) is 8.71. The molecule has 5 heteroatoms. The van der Waals surface area contributed by atoms with Crippen molar-refractivity contribution in [2.45, 2.75) is 40.0 Å². The van der Waals surface area contributed by atoms with Gasteiger partial charge >= 0.3 is 5.97 Å². The van der Waals surface area contributed by atoms with Crippen molar-refractivity contribution in [2.75, 3.05) is 24.6 Å². The normalized spacial score (nSPS) is 10.4. The van der Waals surface area contributed by atoms with E-state index >= 15 is 0 Å². The number of thiazole rings is 1. The molecule has 0 amide bonds. The second-order valence-electron chi connectivity index (χ2n) is 4.09. The lowest BCUT2D eigenvalue weighted by Gasteiger charge is -2.19. The Balaban J connectivity index is 2.62. The van der Waals surface area contributed by atoms with Gasteiger partial charge in [-0.1, -0.05) is 13.8 Å². The molecule has 0 aliphatic carbocycles. The van der Waals surface area contributed by atoms with E-state index in [0.29, 0.717) is 6.61 Å². The molecule has 1 aromatic rings. The fourth-order valence-corrected chi connectivity index (χ4v) is 2.60. The van der Waals surface area contributed by atoms with Gasteiger partial charge in [-0.2, -0.15) is 0 Å². The number of esters is 1. The van der Waals surface area contributed by atoms with E-state index in [0.717, 1.165) is 36.8 Å². The first-order valence-corrected chi connectivity index (χ1v) is 7.44. The smallest absolute Gasteiger partial charge is 0.311 e. The van der Waals surface area contributed by atoms with Crippen molar-refractivity contribution in [1.29, 1.82) is 0 Å². The number of ether oxygens (including phenoxy) is 1. The molecule has 0 saturated heterocycles. The van der Waals surface area contributed by atoms with E-state index < -0.39 is 0 Å². The predicted octanol–water partition coefficient (Wildman–Crippen LogP) is 2.88. The monoisotopic (exact) mass is 270 g/mol. The Morgan fingerprint density at radius 3 is 2.56 bits per heavy atom. The number of carbonyl (C=O) groups excluding carboxylic acids is 1. The summed E-state index contributed by atoms with van der Waals surface area (Å²) in [4.78, 5) is 18.2. The van der Waals surface area contributed by atoms with E-state index in [-0.39, 0.29) is 12.4 Å².